The fourth-order valence-electron chi connectivity index (χ4n) is 2.06. The van der Waals surface area contributed by atoms with Crippen molar-refractivity contribution in [1.29, 1.82) is 0 Å². The molecule has 5 heteroatoms. The van der Waals surface area contributed by atoms with Crippen molar-refractivity contribution in [2.24, 2.45) is 0 Å². The third kappa shape index (κ3) is 2.26. The van der Waals surface area contributed by atoms with Gasteiger partial charge in [0.15, 0.2) is 0 Å². The summed E-state index contributed by atoms with van der Waals surface area (Å²) in [5.74, 6) is -0.227. The molecule has 100 valence electrons. The Morgan fingerprint density at radius 3 is 2.85 bits per heavy atom. The number of halogens is 1. The average Bonchev–Trinajstić information content (AvgIpc) is 2.81. The summed E-state index contributed by atoms with van der Waals surface area (Å²) >= 11 is 6.04. The summed E-state index contributed by atoms with van der Waals surface area (Å²) in [4.78, 5) is 16.7. The van der Waals surface area contributed by atoms with Gasteiger partial charge in [0.2, 0.25) is 0 Å². The van der Waals surface area contributed by atoms with E-state index in [2.05, 4.69) is 10.3 Å². The van der Waals surface area contributed by atoms with Crippen LogP contribution in [0.25, 0.3) is 5.65 Å². The molecule has 2 aromatic heterocycles. The number of amides is 1. The van der Waals surface area contributed by atoms with Crippen LogP contribution < -0.4 is 5.32 Å². The van der Waals surface area contributed by atoms with Gasteiger partial charge in [-0.05, 0) is 31.2 Å². The molecule has 0 atom stereocenters. The number of nitrogens with one attached hydrogen (secondary N) is 1. The van der Waals surface area contributed by atoms with Gasteiger partial charge in [-0.25, -0.2) is 4.98 Å². The lowest BCUT2D eigenvalue weighted by atomic mass is 10.2. The number of fused-ring (bicyclic) bond motifs is 1. The highest BCUT2D eigenvalue weighted by Gasteiger charge is 2.13. The molecule has 3 rings (SSSR count). The Bertz CT molecular complexity index is 795. The average molecular weight is 286 g/mol. The van der Waals surface area contributed by atoms with Crippen molar-refractivity contribution in [3.63, 3.8) is 0 Å². The summed E-state index contributed by atoms with van der Waals surface area (Å²) in [6, 6.07) is 10.7. The second-order valence-electron chi connectivity index (χ2n) is 4.47. The highest BCUT2D eigenvalue weighted by molar-refractivity contribution is 6.34. The lowest BCUT2D eigenvalue weighted by Crippen LogP contribution is -2.13. The molecule has 1 aromatic carbocycles. The van der Waals surface area contributed by atoms with Crippen molar-refractivity contribution in [1.82, 2.24) is 9.38 Å². The lowest BCUT2D eigenvalue weighted by Gasteiger charge is -2.07. The van der Waals surface area contributed by atoms with Gasteiger partial charge in [-0.1, -0.05) is 23.7 Å². The zero-order chi connectivity index (χ0) is 14.1. The molecule has 0 bridgehead atoms. The van der Waals surface area contributed by atoms with E-state index < -0.39 is 0 Å². The Labute approximate surface area is 121 Å². The van der Waals surface area contributed by atoms with Gasteiger partial charge in [-0.15, -0.1) is 0 Å². The van der Waals surface area contributed by atoms with Crippen LogP contribution in [0.5, 0.6) is 0 Å². The number of para-hydroxylation sites is 1. The maximum absolute atomic E-state index is 12.4. The van der Waals surface area contributed by atoms with Gasteiger partial charge < -0.3 is 9.72 Å². The summed E-state index contributed by atoms with van der Waals surface area (Å²) in [5.41, 5.74) is 2.60. The van der Waals surface area contributed by atoms with Crippen LogP contribution >= 0.6 is 11.6 Å². The SMILES string of the molecule is Cc1cn2cccc(C(=O)Nc3ccccc3Cl)c2n1. The molecule has 4 nitrogen and oxygen atoms in total. The number of carbonyl (C=O) groups is 1. The van der Waals surface area contributed by atoms with Crippen molar-refractivity contribution >= 4 is 28.8 Å². The molecular formula is C15H12ClN3O. The third-order valence-corrected chi connectivity index (χ3v) is 3.30. The molecule has 1 N–H and O–H groups in total. The van der Waals surface area contributed by atoms with Gasteiger partial charge in [0, 0.05) is 12.4 Å². The minimum Gasteiger partial charge on any atom is -0.321 e. The van der Waals surface area contributed by atoms with Crippen LogP contribution in [0.1, 0.15) is 16.1 Å². The molecule has 2 heterocycles. The molecule has 3 aromatic rings. The second kappa shape index (κ2) is 4.98. The molecule has 0 spiro atoms. The van der Waals surface area contributed by atoms with Gasteiger partial charge in [-0.2, -0.15) is 0 Å². The first-order valence-electron chi connectivity index (χ1n) is 6.15. The number of pyridine rings is 1. The summed E-state index contributed by atoms with van der Waals surface area (Å²) < 4.78 is 1.83. The summed E-state index contributed by atoms with van der Waals surface area (Å²) in [6.07, 6.45) is 3.74. The van der Waals surface area contributed by atoms with E-state index in [-0.39, 0.29) is 5.91 Å². The number of hydrogen-bond donors (Lipinski definition) is 1. The first-order valence-corrected chi connectivity index (χ1v) is 6.53. The van der Waals surface area contributed by atoms with E-state index in [1.165, 1.54) is 0 Å². The number of anilines is 1. The van der Waals surface area contributed by atoms with Crippen LogP contribution in [-0.4, -0.2) is 15.3 Å². The molecule has 0 aliphatic rings. The van der Waals surface area contributed by atoms with Gasteiger partial charge in [-0.3, -0.25) is 4.79 Å². The Morgan fingerprint density at radius 1 is 1.25 bits per heavy atom. The van der Waals surface area contributed by atoms with Crippen molar-refractivity contribution in [2.75, 3.05) is 5.32 Å². The van der Waals surface area contributed by atoms with Crippen molar-refractivity contribution in [3.8, 4) is 0 Å². The number of imidazole rings is 1. The van der Waals surface area contributed by atoms with E-state index >= 15 is 0 Å². The highest BCUT2D eigenvalue weighted by Crippen LogP contribution is 2.22. The topological polar surface area (TPSA) is 46.4 Å². The van der Waals surface area contributed by atoms with E-state index in [0.29, 0.717) is 21.9 Å². The van der Waals surface area contributed by atoms with E-state index in [1.807, 2.05) is 41.9 Å². The quantitative estimate of drug-likeness (QED) is 0.783. The predicted octanol–water partition coefficient (Wildman–Crippen LogP) is 3.55. The minimum atomic E-state index is -0.227. The van der Waals surface area contributed by atoms with Gasteiger partial charge in [0.25, 0.3) is 5.91 Å². The fourth-order valence-corrected chi connectivity index (χ4v) is 2.25. The maximum Gasteiger partial charge on any atom is 0.259 e. The summed E-state index contributed by atoms with van der Waals surface area (Å²) in [6.45, 7) is 1.89. The Hall–Kier alpha value is -2.33. The number of hydrogen-bond acceptors (Lipinski definition) is 2. The third-order valence-electron chi connectivity index (χ3n) is 2.97. The number of nitrogens with zero attached hydrogens (tertiary/aromatic N) is 2. The molecule has 0 fully saturated rings. The number of benzene rings is 1. The van der Waals surface area contributed by atoms with Crippen molar-refractivity contribution in [2.45, 2.75) is 6.92 Å². The van der Waals surface area contributed by atoms with E-state index in [0.717, 1.165) is 5.69 Å². The molecule has 0 radical (unpaired) electrons. The van der Waals surface area contributed by atoms with Crippen LogP contribution in [0.3, 0.4) is 0 Å². The van der Waals surface area contributed by atoms with Gasteiger partial charge >= 0.3 is 0 Å². The molecule has 0 saturated carbocycles. The van der Waals surface area contributed by atoms with Crippen molar-refractivity contribution < 1.29 is 4.79 Å². The van der Waals surface area contributed by atoms with E-state index in [4.69, 9.17) is 11.6 Å². The van der Waals surface area contributed by atoms with E-state index in [9.17, 15) is 4.79 Å². The van der Waals surface area contributed by atoms with Crippen molar-refractivity contribution in [3.05, 3.63) is 65.1 Å². The van der Waals surface area contributed by atoms with Gasteiger partial charge in [0.05, 0.1) is 22.0 Å². The van der Waals surface area contributed by atoms with Crippen LogP contribution in [0.2, 0.25) is 5.02 Å². The first kappa shape index (κ1) is 12.7. The summed E-state index contributed by atoms with van der Waals surface area (Å²) in [5, 5.41) is 3.31. The zero-order valence-corrected chi connectivity index (χ0v) is 11.6. The smallest absolute Gasteiger partial charge is 0.259 e. The number of aryl methyl sites for hydroxylation is 1. The second-order valence-corrected chi connectivity index (χ2v) is 4.88. The highest BCUT2D eigenvalue weighted by atomic mass is 35.5. The molecule has 0 unspecified atom stereocenters. The molecule has 0 aliphatic carbocycles. The Kier molecular flexibility index (Phi) is 3.16. The molecule has 0 saturated heterocycles. The molecular weight excluding hydrogens is 274 g/mol. The van der Waals surface area contributed by atoms with E-state index in [1.54, 1.807) is 18.2 Å². The monoisotopic (exact) mass is 285 g/mol. The van der Waals surface area contributed by atoms with Crippen LogP contribution in [0.15, 0.2) is 48.8 Å². The molecule has 1 amide bonds. The summed E-state index contributed by atoms with van der Waals surface area (Å²) in [7, 11) is 0. The largest absolute Gasteiger partial charge is 0.321 e. The molecule has 20 heavy (non-hydrogen) atoms. The predicted molar refractivity (Wildman–Crippen MR) is 79.3 cm³/mol. The Balaban J connectivity index is 1.99. The first-order chi connectivity index (χ1) is 9.65. The van der Waals surface area contributed by atoms with Crippen LogP contribution in [0, 0.1) is 6.92 Å². The minimum absolute atomic E-state index is 0.227. The van der Waals surface area contributed by atoms with Crippen LogP contribution in [-0.2, 0) is 0 Å². The number of carbonyl (C=O) groups excluding carboxylic acids is 1. The van der Waals surface area contributed by atoms with Gasteiger partial charge in [0.1, 0.15) is 5.65 Å². The normalized spacial score (nSPS) is 10.7. The zero-order valence-electron chi connectivity index (χ0n) is 10.8. The maximum atomic E-state index is 12.4. The Morgan fingerprint density at radius 2 is 2.05 bits per heavy atom. The number of rotatable bonds is 2. The fraction of sp³-hybridized carbons (Fsp3) is 0.0667. The number of aromatic nitrogens is 2. The lowest BCUT2D eigenvalue weighted by molar-refractivity contribution is 0.102. The molecule has 0 aliphatic heterocycles. The van der Waals surface area contributed by atoms with Crippen LogP contribution in [0.4, 0.5) is 5.69 Å². The standard InChI is InChI=1S/C15H12ClN3O/c1-10-9-19-8-4-5-11(14(19)17-10)15(20)18-13-7-3-2-6-12(13)16/h2-9H,1H3,(H,18,20).